The monoisotopic (exact) mass is 1220 g/mol. The van der Waals surface area contributed by atoms with Crippen LogP contribution in [0.5, 0.6) is 0 Å². The Morgan fingerprint density at radius 3 is 0.523 bits per heavy atom. The van der Waals surface area contributed by atoms with Crippen LogP contribution in [0.4, 0.5) is 0 Å². The predicted molar refractivity (Wildman–Crippen MR) is 385 cm³/mol. The van der Waals surface area contributed by atoms with Gasteiger partial charge in [0.2, 0.25) is 0 Å². The van der Waals surface area contributed by atoms with Crippen molar-refractivity contribution in [2.24, 2.45) is 0 Å². The van der Waals surface area contributed by atoms with E-state index in [1.807, 2.05) is 0 Å². The first-order valence-electron chi connectivity index (χ1n) is 36.1. The smallest absolute Gasteiger partial charge is 0.144 e. The molecule has 0 aliphatic heterocycles. The average molecular weight is 1220 g/mol. The Bertz CT molecular complexity index is 1840. The maximum atomic E-state index is 8.89. The number of unbranched alkanes of at least 4 members (excludes halogenated alkanes) is 36. The summed E-state index contributed by atoms with van der Waals surface area (Å²) in [5.74, 6) is -2.17. The number of carboxylic acid groups (broad SMARTS) is 2. The average Bonchev–Trinajstić information content (AvgIpc) is 2.62. The van der Waals surface area contributed by atoms with Crippen molar-refractivity contribution in [1.29, 1.82) is 0 Å². The van der Waals surface area contributed by atoms with E-state index in [0.717, 1.165) is 13.8 Å². The molecule has 488 valence electrons. The second-order valence-corrected chi connectivity index (χ2v) is 33.8. The molecule has 0 amide bonds. The Morgan fingerprint density at radius 1 is 0.256 bits per heavy atom. The molecular formula is C80H134O4P2. The van der Waals surface area contributed by atoms with E-state index in [0.29, 0.717) is 0 Å². The largest absolute Gasteiger partial charge is 0.550 e. The number of carbonyl (C=O) groups excluding carboxylic acids is 2. The number of aliphatic carboxylic acids is 2. The van der Waals surface area contributed by atoms with E-state index in [9.17, 15) is 0 Å². The number of hydrogen-bond donors (Lipinski definition) is 0. The van der Waals surface area contributed by atoms with Crippen LogP contribution >= 0.6 is 14.5 Å². The molecule has 0 bridgehead atoms. The minimum Gasteiger partial charge on any atom is -0.550 e. The lowest BCUT2D eigenvalue weighted by atomic mass is 10.1. The molecule has 6 heteroatoms. The van der Waals surface area contributed by atoms with Crippen molar-refractivity contribution < 1.29 is 19.8 Å². The highest BCUT2D eigenvalue weighted by Crippen LogP contribution is 2.61. The number of carboxylic acids is 2. The summed E-state index contributed by atoms with van der Waals surface area (Å²) in [5.41, 5.74) is 5.18. The van der Waals surface area contributed by atoms with Gasteiger partial charge in [0, 0.05) is 19.2 Å². The van der Waals surface area contributed by atoms with Gasteiger partial charge in [-0.3, -0.25) is 0 Å². The van der Waals surface area contributed by atoms with Crippen LogP contribution in [-0.2, 0) is 9.59 Å². The number of rotatable bonds is 48. The van der Waals surface area contributed by atoms with Gasteiger partial charge in [-0.2, -0.15) is 0 Å². The lowest BCUT2D eigenvalue weighted by molar-refractivity contribution is -0.303. The zero-order valence-corrected chi connectivity index (χ0v) is 59.7. The quantitative estimate of drug-likeness (QED) is 0.0326. The number of carbonyl (C=O) groups is 2. The van der Waals surface area contributed by atoms with E-state index >= 15 is 0 Å². The van der Waals surface area contributed by atoms with Gasteiger partial charge in [0.15, 0.2) is 0 Å². The summed E-state index contributed by atoms with van der Waals surface area (Å²) < 4.78 is 0. The van der Waals surface area contributed by atoms with E-state index in [1.54, 1.807) is 50.3 Å². The van der Waals surface area contributed by atoms with Gasteiger partial charge >= 0.3 is 0 Å². The molecule has 0 aliphatic carbocycles. The summed E-state index contributed by atoms with van der Waals surface area (Å²) in [4.78, 5) is 17.8. The maximum Gasteiger partial charge on any atom is 0.144 e. The molecule has 4 rings (SSSR count). The van der Waals surface area contributed by atoms with Gasteiger partial charge in [-0.05, 0) is 141 Å². The third kappa shape index (κ3) is 40.3. The number of benzene rings is 4. The first kappa shape index (κ1) is 80.7. The first-order chi connectivity index (χ1) is 41.7. The van der Waals surface area contributed by atoms with Crippen LogP contribution in [0.15, 0.2) is 97.1 Å². The molecule has 0 saturated carbocycles. The maximum absolute atomic E-state index is 8.89. The van der Waals surface area contributed by atoms with Crippen LogP contribution in [0, 0.1) is 27.7 Å². The van der Waals surface area contributed by atoms with Gasteiger partial charge in [0.05, 0.1) is 24.6 Å². The Kier molecular flexibility index (Phi) is 51.2. The van der Waals surface area contributed by atoms with Gasteiger partial charge in [0.25, 0.3) is 0 Å². The van der Waals surface area contributed by atoms with E-state index < -0.39 is 26.5 Å². The summed E-state index contributed by atoms with van der Waals surface area (Å²) in [5, 5.41) is 23.4. The van der Waals surface area contributed by atoms with Crippen molar-refractivity contribution in [3.63, 3.8) is 0 Å². The Balaban J connectivity index is 0.000000831. The lowest BCUT2D eigenvalue weighted by Gasteiger charge is -2.28. The summed E-state index contributed by atoms with van der Waals surface area (Å²) in [6, 6.07) is 36.7. The van der Waals surface area contributed by atoms with Crippen molar-refractivity contribution in [2.45, 2.75) is 326 Å². The highest BCUT2D eigenvalue weighted by molar-refractivity contribution is 8.01. The van der Waals surface area contributed by atoms with Gasteiger partial charge in [0.1, 0.15) is 28.5 Å². The number of aryl methyl sites for hydroxylation is 4. The molecule has 0 unspecified atom stereocenters. The van der Waals surface area contributed by atoms with Gasteiger partial charge < -0.3 is 19.8 Å². The molecule has 0 aromatic heterocycles. The lowest BCUT2D eigenvalue weighted by Crippen LogP contribution is -2.38. The molecule has 0 N–H and O–H groups in total. The molecule has 0 spiro atoms. The number of hydrogen-bond acceptors (Lipinski definition) is 4. The van der Waals surface area contributed by atoms with Crippen LogP contribution in [0.2, 0.25) is 0 Å². The molecule has 86 heavy (non-hydrogen) atoms. The second-order valence-electron chi connectivity index (χ2n) is 26.0. The summed E-state index contributed by atoms with van der Waals surface area (Å²) in [6.45, 7) is 19.9. The zero-order valence-electron chi connectivity index (χ0n) is 57.9. The predicted octanol–water partition coefficient (Wildman–Crippen LogP) is 21.7. The molecule has 0 aliphatic rings. The van der Waals surface area contributed by atoms with E-state index in [1.165, 1.54) is 275 Å². The van der Waals surface area contributed by atoms with Crippen molar-refractivity contribution in [3.05, 3.63) is 119 Å². The van der Waals surface area contributed by atoms with Gasteiger partial charge in [-0.25, -0.2) is 0 Å². The van der Waals surface area contributed by atoms with Crippen LogP contribution in [0.25, 0.3) is 0 Å². The standard InChI is InChI=1S/C48H100P.C28H28P.2C2H4O2/c1-5-9-13-17-21-25-29-33-37-41-45-49(46-42-38-34-30-26-22-18-14-10-6-2,47-43-39-35-31-27-23-19-15-11-7-3)48-44-40-36-32-28-24-20-16-12-8-4;1-21-5-13-25(14-6-21)29(26-15-7-22(2)8-16-26,27-17-9-23(3)10-18-27)28-19-11-24(4)12-20-28;2*1-2(3)4/h5-48H2,1-4H3;5-20H,1-4H3;2*1H3,(H,3,4)/q2*+1;;/p-2. The molecule has 0 atom stereocenters. The Morgan fingerprint density at radius 2 is 0.384 bits per heavy atom. The van der Waals surface area contributed by atoms with Crippen molar-refractivity contribution in [1.82, 2.24) is 0 Å². The van der Waals surface area contributed by atoms with Gasteiger partial charge in [-0.1, -0.05) is 304 Å². The topological polar surface area (TPSA) is 80.3 Å². The SMILES string of the molecule is CC(=O)[O-].CC(=O)[O-].CCCCCCCCCCCC[P+](CCCCCCCCCCCC)(CCCCCCCCCCCC)CCCCCCCCCCCC.Cc1ccc([P+](c2ccc(C)cc2)(c2ccc(C)cc2)c2ccc(C)cc2)cc1. The summed E-state index contributed by atoms with van der Waals surface area (Å²) in [6.07, 6.45) is 66.2. The fraction of sp³-hybridized carbons (Fsp3) is 0.675. The van der Waals surface area contributed by atoms with E-state index in [2.05, 4.69) is 152 Å². The van der Waals surface area contributed by atoms with Crippen LogP contribution < -0.4 is 31.4 Å². The summed E-state index contributed by atoms with van der Waals surface area (Å²) >= 11 is 0. The minimum atomic E-state index is -1.98. The normalized spacial score (nSPS) is 11.3. The highest BCUT2D eigenvalue weighted by Gasteiger charge is 2.48. The Labute approximate surface area is 534 Å². The molecule has 0 heterocycles. The highest BCUT2D eigenvalue weighted by atomic mass is 31.2. The Hall–Kier alpha value is -3.32. The van der Waals surface area contributed by atoms with Crippen molar-refractivity contribution in [3.8, 4) is 0 Å². The summed E-state index contributed by atoms with van der Waals surface area (Å²) in [7, 11) is -2.78. The molecule has 0 saturated heterocycles. The fourth-order valence-corrected chi connectivity index (χ4v) is 21.5. The minimum absolute atomic E-state index is 0.792. The van der Waals surface area contributed by atoms with Crippen LogP contribution in [0.3, 0.4) is 0 Å². The molecular weight excluding hydrogens is 1090 g/mol. The third-order valence-electron chi connectivity index (χ3n) is 17.6. The van der Waals surface area contributed by atoms with E-state index in [-0.39, 0.29) is 0 Å². The molecule has 0 fully saturated rings. The van der Waals surface area contributed by atoms with Crippen molar-refractivity contribution in [2.75, 3.05) is 24.6 Å². The van der Waals surface area contributed by atoms with Crippen LogP contribution in [0.1, 0.15) is 321 Å². The first-order valence-corrected chi connectivity index (χ1v) is 40.4. The van der Waals surface area contributed by atoms with Crippen molar-refractivity contribution >= 4 is 47.7 Å². The molecule has 4 nitrogen and oxygen atoms in total. The van der Waals surface area contributed by atoms with Crippen LogP contribution in [-0.4, -0.2) is 36.6 Å². The molecule has 4 aromatic carbocycles. The molecule has 0 radical (unpaired) electrons. The zero-order chi connectivity index (χ0) is 63.2. The fourth-order valence-electron chi connectivity index (χ4n) is 12.4. The molecule has 4 aromatic rings. The second kappa shape index (κ2) is 54.6. The van der Waals surface area contributed by atoms with E-state index in [4.69, 9.17) is 19.8 Å². The third-order valence-corrected chi connectivity index (χ3v) is 27.0. The van der Waals surface area contributed by atoms with Gasteiger partial charge in [-0.15, -0.1) is 0 Å².